The number of hydrogen-bond donors (Lipinski definition) is 4. The van der Waals surface area contributed by atoms with E-state index in [4.69, 9.17) is 20.9 Å². The van der Waals surface area contributed by atoms with Gasteiger partial charge in [0.2, 0.25) is 0 Å². The van der Waals surface area contributed by atoms with Crippen molar-refractivity contribution in [2.75, 3.05) is 37.8 Å². The molecule has 150 valence electrons. The maximum Gasteiger partial charge on any atom is 0.147 e. The molecule has 7 nitrogen and oxygen atoms in total. The van der Waals surface area contributed by atoms with Crippen molar-refractivity contribution in [2.24, 2.45) is 0 Å². The van der Waals surface area contributed by atoms with Crippen molar-refractivity contribution in [3.63, 3.8) is 0 Å². The number of nitrogens with one attached hydrogen (secondary N) is 1. The molecule has 0 saturated carbocycles. The van der Waals surface area contributed by atoms with Gasteiger partial charge in [-0.1, -0.05) is 6.07 Å². The number of rotatable bonds is 5. The summed E-state index contributed by atoms with van der Waals surface area (Å²) in [6.45, 7) is 3.09. The molecule has 3 heterocycles. The lowest BCUT2D eigenvalue weighted by Gasteiger charge is -2.25. The van der Waals surface area contributed by atoms with E-state index in [0.29, 0.717) is 29.3 Å². The third-order valence-electron chi connectivity index (χ3n) is 5.57. The van der Waals surface area contributed by atoms with Gasteiger partial charge in [-0.05, 0) is 61.9 Å². The fraction of sp³-hybridized carbons (Fsp3) is 0.476. The second-order valence-electron chi connectivity index (χ2n) is 7.54. The lowest BCUT2D eigenvalue weighted by molar-refractivity contribution is 0.0681. The van der Waals surface area contributed by atoms with Crippen LogP contribution in [0.3, 0.4) is 0 Å². The predicted octanol–water partition coefficient (Wildman–Crippen LogP) is 2.64. The fourth-order valence-electron chi connectivity index (χ4n) is 4.03. The Morgan fingerprint density at radius 2 is 2.14 bits per heavy atom. The van der Waals surface area contributed by atoms with Crippen molar-refractivity contribution in [1.82, 2.24) is 10.3 Å². The van der Waals surface area contributed by atoms with Crippen LogP contribution < -0.4 is 21.5 Å². The summed E-state index contributed by atoms with van der Waals surface area (Å²) in [5, 5.41) is 14.0. The molecule has 0 spiro atoms. The van der Waals surface area contributed by atoms with Gasteiger partial charge in [0.25, 0.3) is 0 Å². The first kappa shape index (κ1) is 18.8. The minimum absolute atomic E-state index is 0.0866. The molecule has 1 aromatic carbocycles. The van der Waals surface area contributed by atoms with Crippen LogP contribution in [0.1, 0.15) is 37.2 Å². The summed E-state index contributed by atoms with van der Waals surface area (Å²) in [5.41, 5.74) is 15.0. The first-order chi connectivity index (χ1) is 13.6. The van der Waals surface area contributed by atoms with E-state index in [-0.39, 0.29) is 23.6 Å². The molecule has 2 aromatic rings. The number of benzene rings is 1. The maximum absolute atomic E-state index is 10.6. The first-order valence-corrected chi connectivity index (χ1v) is 9.97. The van der Waals surface area contributed by atoms with Crippen molar-refractivity contribution < 1.29 is 14.6 Å². The number of aromatic hydroxyl groups is 1. The van der Waals surface area contributed by atoms with Crippen LogP contribution in [0.4, 0.5) is 11.5 Å². The molecule has 0 amide bonds. The standard InChI is InChI=1S/C21H28N4O3/c22-20-15(13-4-2-8-24-11-13)10-16(25-21(20)23)19-17(26)6-1-7-18(19)28-12-14-5-3-9-27-14/h1,6-7,10,13-14,24,26H,2-5,8-9,11-12,22H2,(H2,23,25). The van der Waals surface area contributed by atoms with E-state index in [1.165, 1.54) is 0 Å². The Morgan fingerprint density at radius 3 is 2.89 bits per heavy atom. The zero-order valence-corrected chi connectivity index (χ0v) is 16.0. The monoisotopic (exact) mass is 384 g/mol. The topological polar surface area (TPSA) is 116 Å². The van der Waals surface area contributed by atoms with Gasteiger partial charge in [-0.25, -0.2) is 4.98 Å². The van der Waals surface area contributed by atoms with Gasteiger partial charge in [-0.3, -0.25) is 0 Å². The van der Waals surface area contributed by atoms with Crippen molar-refractivity contribution in [3.8, 4) is 22.8 Å². The smallest absolute Gasteiger partial charge is 0.147 e. The summed E-state index contributed by atoms with van der Waals surface area (Å²) in [4.78, 5) is 4.46. The van der Waals surface area contributed by atoms with E-state index in [1.807, 2.05) is 12.1 Å². The van der Waals surface area contributed by atoms with Gasteiger partial charge in [-0.15, -0.1) is 0 Å². The summed E-state index contributed by atoms with van der Waals surface area (Å²) < 4.78 is 11.6. The number of nitrogens with zero attached hydrogens (tertiary/aromatic N) is 1. The Balaban J connectivity index is 1.68. The van der Waals surface area contributed by atoms with Crippen LogP contribution >= 0.6 is 0 Å². The highest BCUT2D eigenvalue weighted by atomic mass is 16.5. The number of pyridine rings is 1. The molecule has 2 fully saturated rings. The number of phenolic OH excluding ortho intramolecular Hbond substituents is 1. The Morgan fingerprint density at radius 1 is 1.25 bits per heavy atom. The van der Waals surface area contributed by atoms with Crippen molar-refractivity contribution >= 4 is 11.5 Å². The Bertz CT molecular complexity index is 831. The van der Waals surface area contributed by atoms with Crippen LogP contribution in [0, 0.1) is 0 Å². The summed E-state index contributed by atoms with van der Waals surface area (Å²) in [5.74, 6) is 1.24. The van der Waals surface area contributed by atoms with E-state index in [2.05, 4.69) is 10.3 Å². The Kier molecular flexibility index (Phi) is 5.54. The van der Waals surface area contributed by atoms with Crippen LogP contribution in [0.2, 0.25) is 0 Å². The van der Waals surface area contributed by atoms with Crippen LogP contribution in [0.25, 0.3) is 11.3 Å². The average Bonchev–Trinajstić information content (AvgIpc) is 3.23. The minimum atomic E-state index is 0.0866. The Hall–Kier alpha value is -2.51. The second-order valence-corrected chi connectivity index (χ2v) is 7.54. The number of hydrogen-bond acceptors (Lipinski definition) is 7. The second kappa shape index (κ2) is 8.24. The van der Waals surface area contributed by atoms with Crippen molar-refractivity contribution in [1.29, 1.82) is 0 Å². The first-order valence-electron chi connectivity index (χ1n) is 9.97. The molecule has 2 unspecified atom stereocenters. The van der Waals surface area contributed by atoms with Gasteiger partial charge in [0.05, 0.1) is 23.0 Å². The molecular weight excluding hydrogens is 356 g/mol. The van der Waals surface area contributed by atoms with Crippen LogP contribution in [-0.2, 0) is 4.74 Å². The zero-order chi connectivity index (χ0) is 19.5. The Labute approximate surface area is 165 Å². The van der Waals surface area contributed by atoms with Crippen LogP contribution in [-0.4, -0.2) is 42.5 Å². The van der Waals surface area contributed by atoms with Gasteiger partial charge in [-0.2, -0.15) is 0 Å². The molecule has 0 radical (unpaired) electrons. The highest BCUT2D eigenvalue weighted by Crippen LogP contribution is 2.41. The summed E-state index contributed by atoms with van der Waals surface area (Å²) in [6, 6.07) is 7.16. The third kappa shape index (κ3) is 3.86. The number of piperidine rings is 1. The van der Waals surface area contributed by atoms with Gasteiger partial charge in [0.1, 0.15) is 23.9 Å². The van der Waals surface area contributed by atoms with Gasteiger partial charge in [0.15, 0.2) is 0 Å². The molecule has 7 heteroatoms. The van der Waals surface area contributed by atoms with E-state index in [1.54, 1.807) is 12.1 Å². The quantitative estimate of drug-likeness (QED) is 0.626. The van der Waals surface area contributed by atoms with Crippen molar-refractivity contribution in [3.05, 3.63) is 29.8 Å². The lowest BCUT2D eigenvalue weighted by Crippen LogP contribution is -2.29. The molecule has 2 aliphatic heterocycles. The maximum atomic E-state index is 10.6. The predicted molar refractivity (Wildman–Crippen MR) is 109 cm³/mol. The number of nitrogens with two attached hydrogens (primary N) is 2. The van der Waals surface area contributed by atoms with E-state index >= 15 is 0 Å². The molecule has 28 heavy (non-hydrogen) atoms. The largest absolute Gasteiger partial charge is 0.507 e. The minimum Gasteiger partial charge on any atom is -0.507 e. The molecule has 0 bridgehead atoms. The normalized spacial score (nSPS) is 22.3. The highest BCUT2D eigenvalue weighted by Gasteiger charge is 2.23. The zero-order valence-electron chi connectivity index (χ0n) is 16.0. The van der Waals surface area contributed by atoms with Crippen molar-refractivity contribution in [2.45, 2.75) is 37.7 Å². The molecule has 2 atom stereocenters. The van der Waals surface area contributed by atoms with Crippen LogP contribution in [0.15, 0.2) is 24.3 Å². The third-order valence-corrected chi connectivity index (χ3v) is 5.57. The molecule has 2 saturated heterocycles. The highest BCUT2D eigenvalue weighted by molar-refractivity contribution is 5.78. The number of phenols is 1. The average molecular weight is 384 g/mol. The van der Waals surface area contributed by atoms with Gasteiger partial charge < -0.3 is 31.4 Å². The van der Waals surface area contributed by atoms with E-state index < -0.39 is 0 Å². The SMILES string of the molecule is Nc1nc(-c2c(O)cccc2OCC2CCCO2)cc(C2CCCNC2)c1N. The molecule has 4 rings (SSSR count). The molecule has 6 N–H and O–H groups in total. The summed E-state index contributed by atoms with van der Waals surface area (Å²) in [7, 11) is 0. The number of aromatic nitrogens is 1. The van der Waals surface area contributed by atoms with E-state index in [9.17, 15) is 5.11 Å². The van der Waals surface area contributed by atoms with Gasteiger partial charge in [0, 0.05) is 13.2 Å². The summed E-state index contributed by atoms with van der Waals surface area (Å²) >= 11 is 0. The molecular formula is C21H28N4O3. The number of nitrogen functional groups attached to an aromatic ring is 2. The molecule has 2 aliphatic rings. The van der Waals surface area contributed by atoms with Gasteiger partial charge >= 0.3 is 0 Å². The molecule has 0 aliphatic carbocycles. The lowest BCUT2D eigenvalue weighted by atomic mass is 9.89. The molecule has 1 aromatic heterocycles. The number of ether oxygens (including phenoxy) is 2. The number of anilines is 2. The van der Waals surface area contributed by atoms with Crippen LogP contribution in [0.5, 0.6) is 11.5 Å². The fourth-order valence-corrected chi connectivity index (χ4v) is 4.03. The van der Waals surface area contributed by atoms with E-state index in [0.717, 1.165) is 50.9 Å². The summed E-state index contributed by atoms with van der Waals surface area (Å²) in [6.07, 6.45) is 4.26.